The maximum absolute atomic E-state index is 14.1. The summed E-state index contributed by atoms with van der Waals surface area (Å²) in [7, 11) is 3.13. The second-order valence-electron chi connectivity index (χ2n) is 9.38. The van der Waals surface area contributed by atoms with Crippen LogP contribution < -0.4 is 14.8 Å². The van der Waals surface area contributed by atoms with Gasteiger partial charge in [0.15, 0.2) is 0 Å². The number of rotatable bonds is 9. The van der Waals surface area contributed by atoms with Crippen LogP contribution in [0.1, 0.15) is 43.2 Å². The van der Waals surface area contributed by atoms with Crippen molar-refractivity contribution in [1.29, 1.82) is 0 Å². The van der Waals surface area contributed by atoms with Crippen LogP contribution in [-0.4, -0.2) is 36.5 Å². The van der Waals surface area contributed by atoms with Gasteiger partial charge in [0.2, 0.25) is 11.8 Å². The molecule has 1 aliphatic carbocycles. The molecule has 1 N–H and O–H groups in total. The lowest BCUT2D eigenvalue weighted by Gasteiger charge is -2.45. The summed E-state index contributed by atoms with van der Waals surface area (Å²) in [5, 5.41) is 3.71. The molecule has 6 nitrogen and oxygen atoms in total. The molecule has 7 heteroatoms. The minimum atomic E-state index is -0.991. The molecule has 0 aliphatic heterocycles. The molecule has 37 heavy (non-hydrogen) atoms. The summed E-state index contributed by atoms with van der Waals surface area (Å²) in [5.41, 5.74) is 1.39. The van der Waals surface area contributed by atoms with Gasteiger partial charge in [-0.2, -0.15) is 0 Å². The van der Waals surface area contributed by atoms with Crippen molar-refractivity contribution < 1.29 is 19.1 Å². The quantitative estimate of drug-likeness (QED) is 0.361. The number of methoxy groups -OCH3 is 2. The zero-order valence-electron chi connectivity index (χ0n) is 21.3. The summed E-state index contributed by atoms with van der Waals surface area (Å²) in [6.07, 6.45) is 4.15. The Hall–Kier alpha value is -3.51. The molecule has 194 valence electrons. The molecule has 1 aliphatic rings. The number of benzene rings is 3. The summed E-state index contributed by atoms with van der Waals surface area (Å²) in [6, 6.07) is 22.4. The Balaban J connectivity index is 1.71. The number of carbonyl (C=O) groups is 2. The monoisotopic (exact) mass is 520 g/mol. The zero-order chi connectivity index (χ0) is 26.3. The highest BCUT2D eigenvalue weighted by molar-refractivity contribution is 6.30. The average Bonchev–Trinajstić information content (AvgIpc) is 2.93. The molecule has 1 fully saturated rings. The van der Waals surface area contributed by atoms with E-state index in [0.29, 0.717) is 41.6 Å². The van der Waals surface area contributed by atoms with Crippen LogP contribution in [0, 0.1) is 0 Å². The third-order valence-corrected chi connectivity index (χ3v) is 7.28. The lowest BCUT2D eigenvalue weighted by Crippen LogP contribution is -2.60. The van der Waals surface area contributed by atoms with E-state index >= 15 is 0 Å². The first kappa shape index (κ1) is 26.6. The number of ether oxygens (including phenoxy) is 2. The fourth-order valence-corrected chi connectivity index (χ4v) is 5.14. The molecular formula is C30H33ClN2O4. The number of nitrogens with zero attached hydrogens (tertiary/aromatic N) is 1. The zero-order valence-corrected chi connectivity index (χ0v) is 22.1. The molecule has 0 heterocycles. The molecule has 0 spiro atoms. The lowest BCUT2D eigenvalue weighted by molar-refractivity contribution is -0.148. The highest BCUT2D eigenvalue weighted by Gasteiger charge is 2.47. The average molecular weight is 521 g/mol. The van der Waals surface area contributed by atoms with Crippen molar-refractivity contribution >= 4 is 29.1 Å². The van der Waals surface area contributed by atoms with Gasteiger partial charge in [0, 0.05) is 17.6 Å². The van der Waals surface area contributed by atoms with Gasteiger partial charge in [-0.15, -0.1) is 0 Å². The van der Waals surface area contributed by atoms with E-state index in [2.05, 4.69) is 5.32 Å². The van der Waals surface area contributed by atoms with Crippen molar-refractivity contribution in [3.63, 3.8) is 0 Å². The predicted molar refractivity (Wildman–Crippen MR) is 146 cm³/mol. The highest BCUT2D eigenvalue weighted by Crippen LogP contribution is 2.38. The van der Waals surface area contributed by atoms with E-state index in [-0.39, 0.29) is 18.2 Å². The first-order valence-electron chi connectivity index (χ1n) is 12.6. The van der Waals surface area contributed by atoms with Gasteiger partial charge in [0.25, 0.3) is 0 Å². The number of nitrogens with one attached hydrogen (secondary N) is 1. The Kier molecular flexibility index (Phi) is 8.72. The van der Waals surface area contributed by atoms with Gasteiger partial charge < -0.3 is 19.7 Å². The molecule has 0 radical (unpaired) electrons. The summed E-state index contributed by atoms with van der Waals surface area (Å²) < 4.78 is 10.8. The van der Waals surface area contributed by atoms with Crippen LogP contribution in [0.15, 0.2) is 72.8 Å². The van der Waals surface area contributed by atoms with Crippen molar-refractivity contribution in [3.8, 4) is 11.5 Å². The molecule has 3 aromatic rings. The van der Waals surface area contributed by atoms with Gasteiger partial charge in [-0.05, 0) is 48.2 Å². The molecule has 4 rings (SSSR count). The van der Waals surface area contributed by atoms with Crippen LogP contribution in [-0.2, 0) is 22.6 Å². The summed E-state index contributed by atoms with van der Waals surface area (Å²) in [5.74, 6) is 0.842. The number of anilines is 1. The molecule has 1 saturated carbocycles. The molecule has 0 bridgehead atoms. The topological polar surface area (TPSA) is 67.9 Å². The van der Waals surface area contributed by atoms with Crippen LogP contribution in [0.4, 0.5) is 5.69 Å². The standard InChI is InChI=1S/C30H33ClN2O4/c1-36-25-15-16-26(27(20-25)37-2)32-29(35)30(17-7-4-8-18-30)33(21-23-11-13-24(31)14-12-23)28(34)19-22-9-5-3-6-10-22/h3,5-6,9-16,20H,4,7-8,17-19,21H2,1-2H3,(H,32,35). The fraction of sp³-hybridized carbons (Fsp3) is 0.333. The Morgan fingerprint density at radius 3 is 2.24 bits per heavy atom. The third kappa shape index (κ3) is 6.25. The van der Waals surface area contributed by atoms with Crippen molar-refractivity contribution in [1.82, 2.24) is 4.90 Å². The predicted octanol–water partition coefficient (Wildman–Crippen LogP) is 6.27. The number of amides is 2. The molecule has 0 atom stereocenters. The molecule has 3 aromatic carbocycles. The van der Waals surface area contributed by atoms with Crippen LogP contribution in [0.25, 0.3) is 0 Å². The van der Waals surface area contributed by atoms with Crippen molar-refractivity contribution in [2.24, 2.45) is 0 Å². The van der Waals surface area contributed by atoms with E-state index in [0.717, 1.165) is 30.4 Å². The van der Waals surface area contributed by atoms with E-state index in [9.17, 15) is 9.59 Å². The van der Waals surface area contributed by atoms with Gasteiger partial charge in [-0.25, -0.2) is 0 Å². The first-order chi connectivity index (χ1) is 17.9. The van der Waals surface area contributed by atoms with Gasteiger partial charge in [0.1, 0.15) is 17.0 Å². The minimum absolute atomic E-state index is 0.0834. The maximum atomic E-state index is 14.1. The van der Waals surface area contributed by atoms with E-state index in [1.807, 2.05) is 54.6 Å². The van der Waals surface area contributed by atoms with Gasteiger partial charge >= 0.3 is 0 Å². The SMILES string of the molecule is COc1ccc(NC(=O)C2(N(Cc3ccc(Cl)cc3)C(=O)Cc3ccccc3)CCCCC2)c(OC)c1. The Morgan fingerprint density at radius 2 is 1.59 bits per heavy atom. The van der Waals surface area contributed by atoms with Crippen LogP contribution in [0.3, 0.4) is 0 Å². The van der Waals surface area contributed by atoms with Gasteiger partial charge in [-0.1, -0.05) is 73.3 Å². The lowest BCUT2D eigenvalue weighted by atomic mass is 9.78. The minimum Gasteiger partial charge on any atom is -0.497 e. The third-order valence-electron chi connectivity index (χ3n) is 7.03. The van der Waals surface area contributed by atoms with E-state index in [1.165, 1.54) is 0 Å². The molecular weight excluding hydrogens is 488 g/mol. The first-order valence-corrected chi connectivity index (χ1v) is 13.0. The van der Waals surface area contributed by atoms with Crippen molar-refractivity contribution in [3.05, 3.63) is 88.9 Å². The highest BCUT2D eigenvalue weighted by atomic mass is 35.5. The fourth-order valence-electron chi connectivity index (χ4n) is 5.01. The maximum Gasteiger partial charge on any atom is 0.250 e. The van der Waals surface area contributed by atoms with Crippen molar-refractivity contribution in [2.45, 2.75) is 50.6 Å². The van der Waals surface area contributed by atoms with E-state index in [1.54, 1.807) is 37.3 Å². The largest absolute Gasteiger partial charge is 0.497 e. The number of halogens is 1. The van der Waals surface area contributed by atoms with Crippen molar-refractivity contribution in [2.75, 3.05) is 19.5 Å². The van der Waals surface area contributed by atoms with E-state index < -0.39 is 5.54 Å². The smallest absolute Gasteiger partial charge is 0.250 e. The second-order valence-corrected chi connectivity index (χ2v) is 9.82. The summed E-state index contributed by atoms with van der Waals surface area (Å²) in [6.45, 7) is 0.315. The summed E-state index contributed by atoms with van der Waals surface area (Å²) >= 11 is 6.12. The molecule has 0 unspecified atom stereocenters. The number of hydrogen-bond donors (Lipinski definition) is 1. The van der Waals surface area contributed by atoms with Crippen LogP contribution in [0.5, 0.6) is 11.5 Å². The molecule has 2 amide bonds. The van der Waals surface area contributed by atoms with Gasteiger partial charge in [0.05, 0.1) is 26.3 Å². The molecule has 0 aromatic heterocycles. The van der Waals surface area contributed by atoms with Crippen LogP contribution >= 0.6 is 11.6 Å². The number of hydrogen-bond acceptors (Lipinski definition) is 4. The second kappa shape index (κ2) is 12.2. The normalized spacial score (nSPS) is 14.5. The Labute approximate surface area is 223 Å². The van der Waals surface area contributed by atoms with Crippen LogP contribution in [0.2, 0.25) is 5.02 Å². The Bertz CT molecular complexity index is 1210. The van der Waals surface area contributed by atoms with Gasteiger partial charge in [-0.3, -0.25) is 9.59 Å². The summed E-state index contributed by atoms with van der Waals surface area (Å²) in [4.78, 5) is 29.9. The Morgan fingerprint density at radius 1 is 0.892 bits per heavy atom. The molecule has 0 saturated heterocycles. The van der Waals surface area contributed by atoms with E-state index in [4.69, 9.17) is 21.1 Å². The number of carbonyl (C=O) groups excluding carboxylic acids is 2.